The first-order chi connectivity index (χ1) is 9.31. The Hall–Kier alpha value is -2.04. The molecule has 0 saturated heterocycles. The summed E-state index contributed by atoms with van der Waals surface area (Å²) in [5.41, 5.74) is 0.255. The molecular formula is C15H21NO4. The van der Waals surface area contributed by atoms with Gasteiger partial charge in [-0.3, -0.25) is 4.79 Å². The van der Waals surface area contributed by atoms with Crippen molar-refractivity contribution in [2.75, 3.05) is 0 Å². The molecule has 0 fully saturated rings. The van der Waals surface area contributed by atoms with Crippen molar-refractivity contribution in [2.24, 2.45) is 5.92 Å². The van der Waals surface area contributed by atoms with E-state index in [1.165, 1.54) is 0 Å². The van der Waals surface area contributed by atoms with E-state index in [0.29, 0.717) is 0 Å². The topological polar surface area (TPSA) is 75.6 Å². The third kappa shape index (κ3) is 5.30. The van der Waals surface area contributed by atoms with E-state index in [9.17, 15) is 9.59 Å². The van der Waals surface area contributed by atoms with Gasteiger partial charge >= 0.3 is 12.1 Å². The van der Waals surface area contributed by atoms with Gasteiger partial charge < -0.3 is 15.2 Å². The van der Waals surface area contributed by atoms with Gasteiger partial charge in [0.2, 0.25) is 0 Å². The second-order valence-electron chi connectivity index (χ2n) is 5.41. The van der Waals surface area contributed by atoms with Crippen molar-refractivity contribution in [3.05, 3.63) is 35.9 Å². The molecule has 110 valence electrons. The number of carbonyl (C=O) groups is 2. The Morgan fingerprint density at radius 2 is 1.90 bits per heavy atom. The predicted octanol–water partition coefficient (Wildman–Crippen LogP) is 2.80. The molecule has 0 heterocycles. The molecule has 1 aromatic rings. The average Bonchev–Trinajstić information content (AvgIpc) is 2.36. The van der Waals surface area contributed by atoms with Gasteiger partial charge in [-0.25, -0.2) is 4.79 Å². The van der Waals surface area contributed by atoms with Gasteiger partial charge in [-0.05, 0) is 25.3 Å². The Morgan fingerprint density at radius 1 is 1.30 bits per heavy atom. The zero-order valence-corrected chi connectivity index (χ0v) is 12.1. The van der Waals surface area contributed by atoms with Crippen LogP contribution in [-0.4, -0.2) is 22.7 Å². The fourth-order valence-corrected chi connectivity index (χ4v) is 1.66. The lowest BCUT2D eigenvalue weighted by molar-refractivity contribution is -0.138. The van der Waals surface area contributed by atoms with Crippen LogP contribution in [-0.2, 0) is 16.1 Å². The molecule has 5 nitrogen and oxygen atoms in total. The van der Waals surface area contributed by atoms with Crippen LogP contribution in [0.5, 0.6) is 0 Å². The summed E-state index contributed by atoms with van der Waals surface area (Å²) in [5.74, 6) is -1.09. The predicted molar refractivity (Wildman–Crippen MR) is 75.3 cm³/mol. The van der Waals surface area contributed by atoms with Crippen LogP contribution in [0, 0.1) is 5.92 Å². The minimum Gasteiger partial charge on any atom is -0.481 e. The highest BCUT2D eigenvalue weighted by molar-refractivity contribution is 5.69. The van der Waals surface area contributed by atoms with Crippen LogP contribution < -0.4 is 5.32 Å². The molecule has 0 saturated carbocycles. The van der Waals surface area contributed by atoms with Crippen LogP contribution in [0.1, 0.15) is 32.8 Å². The smallest absolute Gasteiger partial charge is 0.407 e. The summed E-state index contributed by atoms with van der Waals surface area (Å²) in [4.78, 5) is 22.5. The first-order valence-corrected chi connectivity index (χ1v) is 6.52. The Labute approximate surface area is 118 Å². The number of nitrogens with one attached hydrogen (secondary N) is 1. The minimum atomic E-state index is -0.884. The van der Waals surface area contributed by atoms with Gasteiger partial charge in [-0.15, -0.1) is 0 Å². The maximum Gasteiger partial charge on any atom is 0.407 e. The summed E-state index contributed by atoms with van der Waals surface area (Å²) in [6.07, 6.45) is -0.553. The summed E-state index contributed by atoms with van der Waals surface area (Å²) in [6, 6.07) is 9.36. The largest absolute Gasteiger partial charge is 0.481 e. The summed E-state index contributed by atoms with van der Waals surface area (Å²) < 4.78 is 5.12. The van der Waals surface area contributed by atoms with Crippen LogP contribution >= 0.6 is 0 Å². The number of hydrogen-bond donors (Lipinski definition) is 2. The number of hydrogen-bond acceptors (Lipinski definition) is 3. The number of carbonyl (C=O) groups excluding carboxylic acids is 1. The van der Waals surface area contributed by atoms with E-state index >= 15 is 0 Å². The fourth-order valence-electron chi connectivity index (χ4n) is 1.66. The van der Waals surface area contributed by atoms with Gasteiger partial charge in [0.05, 0.1) is 6.42 Å². The van der Waals surface area contributed by atoms with E-state index in [1.54, 1.807) is 20.8 Å². The molecule has 1 unspecified atom stereocenters. The molecule has 0 aliphatic carbocycles. The van der Waals surface area contributed by atoms with Crippen molar-refractivity contribution < 1.29 is 19.4 Å². The van der Waals surface area contributed by atoms with Crippen molar-refractivity contribution in [3.63, 3.8) is 0 Å². The van der Waals surface area contributed by atoms with E-state index in [-0.39, 0.29) is 18.9 Å². The summed E-state index contributed by atoms with van der Waals surface area (Å²) >= 11 is 0. The highest BCUT2D eigenvalue weighted by Crippen LogP contribution is 2.20. The first kappa shape index (κ1) is 16.0. The number of aliphatic carboxylic acids is 1. The highest BCUT2D eigenvalue weighted by atomic mass is 16.5. The summed E-state index contributed by atoms with van der Waals surface area (Å²) in [5, 5.41) is 11.5. The zero-order chi connectivity index (χ0) is 15.2. The summed E-state index contributed by atoms with van der Waals surface area (Å²) in [6.45, 7) is 5.54. The molecule has 20 heavy (non-hydrogen) atoms. The molecule has 0 aliphatic rings. The quantitative estimate of drug-likeness (QED) is 0.839. The standard InChI is InChI=1S/C15H21NO4/c1-11(9-13(17)18)15(2,3)16-14(19)20-10-12-7-5-4-6-8-12/h4-8,11H,9-10H2,1-3H3,(H,16,19)(H,17,18). The highest BCUT2D eigenvalue weighted by Gasteiger charge is 2.29. The average molecular weight is 279 g/mol. The maximum absolute atomic E-state index is 11.7. The van der Waals surface area contributed by atoms with Gasteiger partial charge in [0.15, 0.2) is 0 Å². The SMILES string of the molecule is CC(CC(=O)O)C(C)(C)NC(=O)OCc1ccccc1. The lowest BCUT2D eigenvalue weighted by Gasteiger charge is -2.31. The van der Waals surface area contributed by atoms with E-state index in [2.05, 4.69) is 5.32 Å². The third-order valence-corrected chi connectivity index (χ3v) is 3.35. The molecular weight excluding hydrogens is 258 g/mol. The van der Waals surface area contributed by atoms with Crippen molar-refractivity contribution in [1.82, 2.24) is 5.32 Å². The molecule has 0 aliphatic heterocycles. The van der Waals surface area contributed by atoms with Crippen LogP contribution in [0.4, 0.5) is 4.79 Å². The van der Waals surface area contributed by atoms with Crippen LogP contribution in [0.3, 0.4) is 0 Å². The van der Waals surface area contributed by atoms with E-state index < -0.39 is 17.6 Å². The number of alkyl carbamates (subject to hydrolysis) is 1. The van der Waals surface area contributed by atoms with Crippen LogP contribution in [0.2, 0.25) is 0 Å². The van der Waals surface area contributed by atoms with Gasteiger partial charge in [-0.2, -0.15) is 0 Å². The second-order valence-corrected chi connectivity index (χ2v) is 5.41. The zero-order valence-electron chi connectivity index (χ0n) is 12.1. The molecule has 1 rings (SSSR count). The number of amides is 1. The summed E-state index contributed by atoms with van der Waals surface area (Å²) in [7, 11) is 0. The van der Waals surface area contributed by atoms with Gasteiger partial charge in [-0.1, -0.05) is 37.3 Å². The lowest BCUT2D eigenvalue weighted by atomic mass is 9.86. The molecule has 2 N–H and O–H groups in total. The van der Waals surface area contributed by atoms with Crippen LogP contribution in [0.15, 0.2) is 30.3 Å². The molecule has 1 aromatic carbocycles. The maximum atomic E-state index is 11.7. The van der Waals surface area contributed by atoms with Crippen molar-refractivity contribution in [3.8, 4) is 0 Å². The molecule has 0 aromatic heterocycles. The molecule has 5 heteroatoms. The number of ether oxygens (including phenoxy) is 1. The first-order valence-electron chi connectivity index (χ1n) is 6.52. The van der Waals surface area contributed by atoms with E-state index in [1.807, 2.05) is 30.3 Å². The van der Waals surface area contributed by atoms with Gasteiger partial charge in [0, 0.05) is 5.54 Å². The monoisotopic (exact) mass is 279 g/mol. The molecule has 1 atom stereocenters. The number of carboxylic acid groups (broad SMARTS) is 1. The van der Waals surface area contributed by atoms with Gasteiger partial charge in [0.1, 0.15) is 6.61 Å². The molecule has 0 bridgehead atoms. The van der Waals surface area contributed by atoms with Gasteiger partial charge in [0.25, 0.3) is 0 Å². The Balaban J connectivity index is 2.46. The Bertz CT molecular complexity index is 456. The molecule has 0 radical (unpaired) electrons. The molecule has 1 amide bonds. The van der Waals surface area contributed by atoms with Crippen molar-refractivity contribution >= 4 is 12.1 Å². The Morgan fingerprint density at radius 3 is 2.45 bits per heavy atom. The van der Waals surface area contributed by atoms with Crippen molar-refractivity contribution in [1.29, 1.82) is 0 Å². The van der Waals surface area contributed by atoms with Crippen LogP contribution in [0.25, 0.3) is 0 Å². The van der Waals surface area contributed by atoms with E-state index in [0.717, 1.165) is 5.56 Å². The fraction of sp³-hybridized carbons (Fsp3) is 0.467. The number of carboxylic acids is 1. The lowest BCUT2D eigenvalue weighted by Crippen LogP contribution is -2.48. The molecule has 0 spiro atoms. The second kappa shape index (κ2) is 6.93. The minimum absolute atomic E-state index is 0.00797. The normalized spacial score (nSPS) is 12.6. The Kier molecular flexibility index (Phi) is 5.55. The van der Waals surface area contributed by atoms with E-state index in [4.69, 9.17) is 9.84 Å². The van der Waals surface area contributed by atoms with Crippen molar-refractivity contribution in [2.45, 2.75) is 39.3 Å². The third-order valence-electron chi connectivity index (χ3n) is 3.35. The number of benzene rings is 1. The number of rotatable bonds is 6.